The Kier molecular flexibility index (Phi) is 6.98. The number of hydrogen-bond donors (Lipinski definition) is 0. The molecule has 2 aromatic carbocycles. The molecule has 0 amide bonds. The molecule has 1 unspecified atom stereocenters. The Bertz CT molecular complexity index is 1040. The maximum atomic E-state index is 15.7. The molecule has 1 saturated carbocycles. The summed E-state index contributed by atoms with van der Waals surface area (Å²) in [5.74, 6) is 2.71. The lowest BCUT2D eigenvalue weighted by Crippen LogP contribution is -2.31. The third kappa shape index (κ3) is 5.61. The van der Waals surface area contributed by atoms with Crippen LogP contribution in [0, 0.1) is 11.7 Å². The highest BCUT2D eigenvalue weighted by atomic mass is 19.1. The average molecular weight is 482 g/mol. The first-order valence-electron chi connectivity index (χ1n) is 13.4. The van der Waals surface area contributed by atoms with E-state index >= 15 is 4.39 Å². The molecule has 2 aliphatic heterocycles. The van der Waals surface area contributed by atoms with Gasteiger partial charge >= 0.3 is 0 Å². The minimum absolute atomic E-state index is 0.154. The maximum absolute atomic E-state index is 15.7. The Morgan fingerprint density at radius 3 is 2.57 bits per heavy atom. The minimum Gasteiger partial charge on any atom is -0.489 e. The molecule has 1 atom stereocenters. The Morgan fingerprint density at radius 1 is 1.09 bits per heavy atom. The van der Waals surface area contributed by atoms with E-state index in [4.69, 9.17) is 14.2 Å². The van der Waals surface area contributed by atoms with Crippen molar-refractivity contribution in [1.29, 1.82) is 0 Å². The van der Waals surface area contributed by atoms with Gasteiger partial charge in [0.25, 0.3) is 0 Å². The second-order valence-corrected chi connectivity index (χ2v) is 11.6. The molecule has 5 rings (SSSR count). The van der Waals surface area contributed by atoms with Crippen molar-refractivity contribution in [2.75, 3.05) is 32.8 Å². The van der Waals surface area contributed by atoms with Crippen LogP contribution in [0.25, 0.3) is 0 Å². The summed E-state index contributed by atoms with van der Waals surface area (Å²) in [5.41, 5.74) is 2.67. The lowest BCUT2D eigenvalue weighted by Gasteiger charge is -2.31. The standard InChI is InChI=1S/C30H40FNO3/c1-20(2)22-15-23(29(31)27(16-22)33-14-13-32-11-5-6-12-32)18-30(3,4)24-9-10-25-26(17-24)35-28(19-34-25)21-7-8-21/h9-10,15-17,20-21,28H,5-8,11-14,18-19H2,1-4H3. The molecular weight excluding hydrogens is 441 g/mol. The van der Waals surface area contributed by atoms with Crippen LogP contribution in [0.15, 0.2) is 30.3 Å². The average Bonchev–Trinajstić information content (AvgIpc) is 3.56. The first-order chi connectivity index (χ1) is 16.8. The van der Waals surface area contributed by atoms with Crippen LogP contribution in [0.1, 0.15) is 76.0 Å². The van der Waals surface area contributed by atoms with Gasteiger partial charge in [0.2, 0.25) is 0 Å². The van der Waals surface area contributed by atoms with Gasteiger partial charge < -0.3 is 14.2 Å². The van der Waals surface area contributed by atoms with Crippen LogP contribution >= 0.6 is 0 Å². The van der Waals surface area contributed by atoms with Crippen molar-refractivity contribution in [1.82, 2.24) is 4.90 Å². The predicted octanol–water partition coefficient (Wildman–Crippen LogP) is 6.49. The van der Waals surface area contributed by atoms with Crippen LogP contribution in [0.5, 0.6) is 17.2 Å². The Balaban J connectivity index is 1.34. The number of ether oxygens (including phenoxy) is 3. The summed E-state index contributed by atoms with van der Waals surface area (Å²) in [7, 11) is 0. The summed E-state index contributed by atoms with van der Waals surface area (Å²) in [5, 5.41) is 0. The molecule has 190 valence electrons. The predicted molar refractivity (Wildman–Crippen MR) is 137 cm³/mol. The van der Waals surface area contributed by atoms with Gasteiger partial charge in [-0.3, -0.25) is 4.90 Å². The van der Waals surface area contributed by atoms with Gasteiger partial charge in [-0.25, -0.2) is 4.39 Å². The summed E-state index contributed by atoms with van der Waals surface area (Å²) >= 11 is 0. The fraction of sp³-hybridized carbons (Fsp3) is 0.600. The molecule has 0 bridgehead atoms. The molecule has 35 heavy (non-hydrogen) atoms. The third-order valence-electron chi connectivity index (χ3n) is 7.85. The van der Waals surface area contributed by atoms with Crippen LogP contribution in [-0.2, 0) is 11.8 Å². The van der Waals surface area contributed by atoms with E-state index in [2.05, 4.69) is 44.7 Å². The number of fused-ring (bicyclic) bond motifs is 1. The summed E-state index contributed by atoms with van der Waals surface area (Å²) in [4.78, 5) is 2.39. The Labute approximate surface area is 209 Å². The summed E-state index contributed by atoms with van der Waals surface area (Å²) in [6.07, 6.45) is 5.68. The number of benzene rings is 2. The molecule has 0 spiro atoms. The van der Waals surface area contributed by atoms with E-state index < -0.39 is 0 Å². The van der Waals surface area contributed by atoms with Crippen molar-refractivity contribution in [3.8, 4) is 17.2 Å². The summed E-state index contributed by atoms with van der Waals surface area (Å²) in [6.45, 7) is 12.9. The maximum Gasteiger partial charge on any atom is 0.168 e. The fourth-order valence-electron chi connectivity index (χ4n) is 5.33. The first-order valence-corrected chi connectivity index (χ1v) is 13.4. The van der Waals surface area contributed by atoms with Crippen molar-refractivity contribution >= 4 is 0 Å². The molecule has 3 aliphatic rings. The van der Waals surface area contributed by atoms with E-state index in [9.17, 15) is 0 Å². The smallest absolute Gasteiger partial charge is 0.168 e. The molecule has 2 aromatic rings. The number of rotatable bonds is 9. The van der Waals surface area contributed by atoms with E-state index in [1.165, 1.54) is 25.7 Å². The summed E-state index contributed by atoms with van der Waals surface area (Å²) in [6, 6.07) is 10.1. The summed E-state index contributed by atoms with van der Waals surface area (Å²) < 4.78 is 34.0. The van der Waals surface area contributed by atoms with E-state index in [1.807, 2.05) is 18.2 Å². The van der Waals surface area contributed by atoms with Gasteiger partial charge in [0.1, 0.15) is 19.3 Å². The Hall–Kier alpha value is -2.27. The van der Waals surface area contributed by atoms with E-state index in [1.54, 1.807) is 0 Å². The van der Waals surface area contributed by atoms with Gasteiger partial charge in [0.05, 0.1) is 0 Å². The molecule has 0 aromatic heterocycles. The topological polar surface area (TPSA) is 30.9 Å². The minimum atomic E-state index is -0.284. The molecule has 2 fully saturated rings. The molecule has 4 nitrogen and oxygen atoms in total. The molecule has 1 saturated heterocycles. The number of hydrogen-bond acceptors (Lipinski definition) is 4. The highest BCUT2D eigenvalue weighted by molar-refractivity contribution is 5.47. The Morgan fingerprint density at radius 2 is 1.86 bits per heavy atom. The quantitative estimate of drug-likeness (QED) is 0.409. The van der Waals surface area contributed by atoms with Gasteiger partial charge in [0, 0.05) is 6.54 Å². The normalized spacial score (nSPS) is 20.5. The highest BCUT2D eigenvalue weighted by Crippen LogP contribution is 2.43. The lowest BCUT2D eigenvalue weighted by atomic mass is 9.78. The molecule has 2 heterocycles. The van der Waals surface area contributed by atoms with Gasteiger partial charge in [-0.15, -0.1) is 0 Å². The van der Waals surface area contributed by atoms with Crippen molar-refractivity contribution in [2.24, 2.45) is 5.92 Å². The third-order valence-corrected chi connectivity index (χ3v) is 7.85. The van der Waals surface area contributed by atoms with Crippen molar-refractivity contribution < 1.29 is 18.6 Å². The largest absolute Gasteiger partial charge is 0.489 e. The molecule has 5 heteroatoms. The van der Waals surface area contributed by atoms with Crippen molar-refractivity contribution in [2.45, 2.75) is 77.2 Å². The zero-order chi connectivity index (χ0) is 24.6. The SMILES string of the molecule is CC(C)c1cc(CC(C)(C)c2ccc3c(c2)OC(C2CC2)CO3)c(F)c(OCCN2CCCC2)c1. The van der Waals surface area contributed by atoms with Crippen LogP contribution in [0.4, 0.5) is 4.39 Å². The molecule has 0 N–H and O–H groups in total. The highest BCUT2D eigenvalue weighted by Gasteiger charge is 2.37. The second kappa shape index (κ2) is 10.0. The zero-order valence-electron chi connectivity index (χ0n) is 21.7. The van der Waals surface area contributed by atoms with Crippen LogP contribution in [0.3, 0.4) is 0 Å². The monoisotopic (exact) mass is 481 g/mol. The first kappa shape index (κ1) is 24.4. The molecule has 0 radical (unpaired) electrons. The molecular formula is C30H40FNO3. The van der Waals surface area contributed by atoms with Gasteiger partial charge in [0.15, 0.2) is 23.1 Å². The van der Waals surface area contributed by atoms with Crippen molar-refractivity contribution in [3.05, 3.63) is 52.8 Å². The van der Waals surface area contributed by atoms with Crippen LogP contribution in [0.2, 0.25) is 0 Å². The number of halogens is 1. The van der Waals surface area contributed by atoms with Crippen LogP contribution in [-0.4, -0.2) is 43.9 Å². The van der Waals surface area contributed by atoms with E-state index in [0.29, 0.717) is 42.8 Å². The van der Waals surface area contributed by atoms with Crippen LogP contribution < -0.4 is 14.2 Å². The number of likely N-dealkylation sites (tertiary alicyclic amines) is 1. The van der Waals surface area contributed by atoms with Gasteiger partial charge in [-0.2, -0.15) is 0 Å². The van der Waals surface area contributed by atoms with Crippen molar-refractivity contribution in [3.63, 3.8) is 0 Å². The van der Waals surface area contributed by atoms with E-state index in [-0.39, 0.29) is 17.3 Å². The molecule has 1 aliphatic carbocycles. The second-order valence-electron chi connectivity index (χ2n) is 11.6. The van der Waals surface area contributed by atoms with Gasteiger partial charge in [-0.05, 0) is 97.3 Å². The lowest BCUT2D eigenvalue weighted by molar-refractivity contribution is 0.0754. The van der Waals surface area contributed by atoms with E-state index in [0.717, 1.165) is 42.3 Å². The number of nitrogens with zero attached hydrogens (tertiary/aromatic N) is 1. The van der Waals surface area contributed by atoms with Gasteiger partial charge in [-0.1, -0.05) is 39.8 Å². The fourth-order valence-corrected chi connectivity index (χ4v) is 5.33. The zero-order valence-corrected chi connectivity index (χ0v) is 21.7.